The summed E-state index contributed by atoms with van der Waals surface area (Å²) in [5, 5.41) is 8.64. The van der Waals surface area contributed by atoms with E-state index in [1.54, 1.807) is 6.07 Å². The summed E-state index contributed by atoms with van der Waals surface area (Å²) in [7, 11) is 0. The normalized spacial score (nSPS) is 20.3. The number of alkyl halides is 3. The Hall–Kier alpha value is -1.15. The molecule has 7 heteroatoms. The van der Waals surface area contributed by atoms with Crippen LogP contribution in [0.1, 0.15) is 17.2 Å². The number of aliphatic hydroxyl groups is 1. The van der Waals surface area contributed by atoms with Crippen molar-refractivity contribution in [1.82, 2.24) is 4.90 Å². The Morgan fingerprint density at radius 2 is 2.14 bits per heavy atom. The summed E-state index contributed by atoms with van der Waals surface area (Å²) in [6.07, 6.45) is -4.71. The standard InChI is InChI=1S/C15H20F3NO3/c16-15(17,18)13-3-1-2-12(10-13)14-11-19(5-8-22-14)4-7-21-9-6-20/h1-3,10,14,20H,4-9,11H2. The van der Waals surface area contributed by atoms with Crippen molar-refractivity contribution in [3.63, 3.8) is 0 Å². The molecule has 0 spiro atoms. The number of halogens is 3. The van der Waals surface area contributed by atoms with Gasteiger partial charge in [0, 0.05) is 19.6 Å². The van der Waals surface area contributed by atoms with E-state index in [-0.39, 0.29) is 12.7 Å². The molecule has 2 rings (SSSR count). The van der Waals surface area contributed by atoms with Crippen molar-refractivity contribution >= 4 is 0 Å². The summed E-state index contributed by atoms with van der Waals surface area (Å²) in [6, 6.07) is 5.28. The molecule has 1 fully saturated rings. The number of morpholine rings is 1. The zero-order valence-corrected chi connectivity index (χ0v) is 12.2. The molecule has 1 aromatic carbocycles. The van der Waals surface area contributed by atoms with Gasteiger partial charge in [0.15, 0.2) is 0 Å². The van der Waals surface area contributed by atoms with Gasteiger partial charge in [-0.1, -0.05) is 12.1 Å². The van der Waals surface area contributed by atoms with Crippen molar-refractivity contribution < 1.29 is 27.8 Å². The Balaban J connectivity index is 1.94. The molecule has 1 N–H and O–H groups in total. The molecule has 0 radical (unpaired) electrons. The molecular weight excluding hydrogens is 299 g/mol. The maximum absolute atomic E-state index is 12.8. The second-order valence-electron chi connectivity index (χ2n) is 5.12. The van der Waals surface area contributed by atoms with Crippen molar-refractivity contribution in [3.05, 3.63) is 35.4 Å². The molecule has 1 unspecified atom stereocenters. The van der Waals surface area contributed by atoms with E-state index in [0.29, 0.717) is 38.5 Å². The fourth-order valence-corrected chi connectivity index (χ4v) is 2.38. The Morgan fingerprint density at radius 1 is 1.32 bits per heavy atom. The number of benzene rings is 1. The molecule has 0 amide bonds. The van der Waals surface area contributed by atoms with Gasteiger partial charge in [0.2, 0.25) is 0 Å². The van der Waals surface area contributed by atoms with E-state index in [1.165, 1.54) is 6.07 Å². The van der Waals surface area contributed by atoms with Gasteiger partial charge in [-0.15, -0.1) is 0 Å². The maximum atomic E-state index is 12.8. The average Bonchev–Trinajstić information content (AvgIpc) is 2.51. The average molecular weight is 319 g/mol. The van der Waals surface area contributed by atoms with Gasteiger partial charge in [0.25, 0.3) is 0 Å². The lowest BCUT2D eigenvalue weighted by molar-refractivity contribution is -0.137. The Labute approximate surface area is 127 Å². The molecule has 1 aliphatic rings. The number of hydrogen-bond acceptors (Lipinski definition) is 4. The van der Waals surface area contributed by atoms with Gasteiger partial charge in [-0.3, -0.25) is 4.90 Å². The SMILES string of the molecule is OCCOCCN1CCOC(c2cccc(C(F)(F)F)c2)C1. The highest BCUT2D eigenvalue weighted by Crippen LogP contribution is 2.32. The fourth-order valence-electron chi connectivity index (χ4n) is 2.38. The number of aliphatic hydroxyl groups excluding tert-OH is 1. The molecule has 1 atom stereocenters. The van der Waals surface area contributed by atoms with Crippen LogP contribution >= 0.6 is 0 Å². The minimum absolute atomic E-state index is 0.0179. The van der Waals surface area contributed by atoms with Crippen LogP contribution in [0, 0.1) is 0 Å². The minimum Gasteiger partial charge on any atom is -0.394 e. The zero-order chi connectivity index (χ0) is 16.0. The summed E-state index contributed by atoms with van der Waals surface area (Å²) < 4.78 is 49.1. The monoisotopic (exact) mass is 319 g/mol. The number of nitrogens with zero attached hydrogens (tertiary/aromatic N) is 1. The van der Waals surface area contributed by atoms with E-state index in [4.69, 9.17) is 14.6 Å². The molecule has 4 nitrogen and oxygen atoms in total. The lowest BCUT2D eigenvalue weighted by atomic mass is 10.0. The van der Waals surface area contributed by atoms with Crippen molar-refractivity contribution in [3.8, 4) is 0 Å². The second kappa shape index (κ2) is 7.92. The molecule has 1 aliphatic heterocycles. The van der Waals surface area contributed by atoms with Gasteiger partial charge in [0.05, 0.1) is 38.1 Å². The van der Waals surface area contributed by atoms with Crippen LogP contribution in [0.2, 0.25) is 0 Å². The van der Waals surface area contributed by atoms with Gasteiger partial charge in [-0.05, 0) is 17.7 Å². The predicted octanol–water partition coefficient (Wildman–Crippen LogP) is 2.09. The summed E-state index contributed by atoms with van der Waals surface area (Å²) in [4.78, 5) is 2.09. The molecule has 0 saturated carbocycles. The van der Waals surface area contributed by atoms with Crippen LogP contribution in [0.5, 0.6) is 0 Å². The molecular formula is C15H20F3NO3. The van der Waals surface area contributed by atoms with Crippen molar-refractivity contribution in [2.24, 2.45) is 0 Å². The van der Waals surface area contributed by atoms with Crippen LogP contribution in [0.3, 0.4) is 0 Å². The van der Waals surface area contributed by atoms with Crippen LogP contribution < -0.4 is 0 Å². The molecule has 0 aliphatic carbocycles. The van der Waals surface area contributed by atoms with Gasteiger partial charge >= 0.3 is 6.18 Å². The largest absolute Gasteiger partial charge is 0.416 e. The third-order valence-electron chi connectivity index (χ3n) is 3.52. The maximum Gasteiger partial charge on any atom is 0.416 e. The Kier molecular flexibility index (Phi) is 6.19. The van der Waals surface area contributed by atoms with Gasteiger partial charge in [-0.2, -0.15) is 13.2 Å². The smallest absolute Gasteiger partial charge is 0.394 e. The van der Waals surface area contributed by atoms with E-state index in [2.05, 4.69) is 4.90 Å². The van der Waals surface area contributed by atoms with Gasteiger partial charge in [0.1, 0.15) is 0 Å². The molecule has 0 aromatic heterocycles. The van der Waals surface area contributed by atoms with Crippen molar-refractivity contribution in [2.45, 2.75) is 12.3 Å². The lowest BCUT2D eigenvalue weighted by Gasteiger charge is -2.33. The summed E-state index contributed by atoms with van der Waals surface area (Å²) >= 11 is 0. The first-order valence-electron chi connectivity index (χ1n) is 7.20. The van der Waals surface area contributed by atoms with Gasteiger partial charge in [-0.25, -0.2) is 0 Å². The molecule has 1 heterocycles. The molecule has 0 bridgehead atoms. The first kappa shape index (κ1) is 17.2. The number of rotatable bonds is 6. The quantitative estimate of drug-likeness (QED) is 0.815. The van der Waals surface area contributed by atoms with E-state index in [1.807, 2.05) is 0 Å². The van der Waals surface area contributed by atoms with Crippen molar-refractivity contribution in [2.75, 3.05) is 46.1 Å². The molecule has 1 aromatic rings. The highest BCUT2D eigenvalue weighted by Gasteiger charge is 2.31. The summed E-state index contributed by atoms with van der Waals surface area (Å²) in [5.41, 5.74) is -0.118. The Bertz CT molecular complexity index is 468. The van der Waals surface area contributed by atoms with Crippen LogP contribution in [0.4, 0.5) is 13.2 Å². The highest BCUT2D eigenvalue weighted by atomic mass is 19.4. The van der Waals surface area contributed by atoms with E-state index in [0.717, 1.165) is 18.7 Å². The van der Waals surface area contributed by atoms with Crippen LogP contribution in [0.25, 0.3) is 0 Å². The Morgan fingerprint density at radius 3 is 2.86 bits per heavy atom. The number of ether oxygens (including phenoxy) is 2. The predicted molar refractivity (Wildman–Crippen MR) is 74.5 cm³/mol. The van der Waals surface area contributed by atoms with E-state index in [9.17, 15) is 13.2 Å². The first-order chi connectivity index (χ1) is 10.5. The number of hydrogen-bond donors (Lipinski definition) is 1. The van der Waals surface area contributed by atoms with E-state index >= 15 is 0 Å². The highest BCUT2D eigenvalue weighted by molar-refractivity contribution is 5.27. The van der Waals surface area contributed by atoms with E-state index < -0.39 is 11.7 Å². The first-order valence-corrected chi connectivity index (χ1v) is 7.20. The van der Waals surface area contributed by atoms with Crippen LogP contribution in [-0.4, -0.2) is 56.1 Å². The summed E-state index contributed by atoms with van der Waals surface area (Å²) in [6.45, 7) is 3.15. The lowest BCUT2D eigenvalue weighted by Crippen LogP contribution is -2.40. The molecule has 22 heavy (non-hydrogen) atoms. The molecule has 1 saturated heterocycles. The van der Waals surface area contributed by atoms with Crippen molar-refractivity contribution in [1.29, 1.82) is 0 Å². The van der Waals surface area contributed by atoms with Gasteiger partial charge < -0.3 is 14.6 Å². The third-order valence-corrected chi connectivity index (χ3v) is 3.52. The fraction of sp³-hybridized carbons (Fsp3) is 0.600. The summed E-state index contributed by atoms with van der Waals surface area (Å²) in [5.74, 6) is 0. The van der Waals surface area contributed by atoms with Crippen LogP contribution in [-0.2, 0) is 15.7 Å². The molecule has 124 valence electrons. The third kappa shape index (κ3) is 4.95. The second-order valence-corrected chi connectivity index (χ2v) is 5.12. The topological polar surface area (TPSA) is 41.9 Å². The minimum atomic E-state index is -4.34. The van der Waals surface area contributed by atoms with Crippen LogP contribution in [0.15, 0.2) is 24.3 Å². The zero-order valence-electron chi connectivity index (χ0n) is 12.2.